The Labute approximate surface area is 134 Å². The molecule has 128 valence electrons. The minimum atomic E-state index is -4.39. The molecule has 6 heteroatoms. The summed E-state index contributed by atoms with van der Waals surface area (Å²) in [6.07, 6.45) is -1.83. The van der Waals surface area contributed by atoms with Crippen LogP contribution in [0, 0.1) is 0 Å². The Bertz CT molecular complexity index is 547. The van der Waals surface area contributed by atoms with E-state index in [0.29, 0.717) is 12.1 Å². The van der Waals surface area contributed by atoms with E-state index in [1.807, 2.05) is 0 Å². The Morgan fingerprint density at radius 2 is 1.70 bits per heavy atom. The predicted octanol–water partition coefficient (Wildman–Crippen LogP) is 2.69. The molecule has 2 fully saturated rings. The molecule has 0 amide bonds. The van der Waals surface area contributed by atoms with E-state index in [2.05, 4.69) is 9.80 Å². The molecule has 3 rings (SSSR count). The van der Waals surface area contributed by atoms with Gasteiger partial charge in [-0.15, -0.1) is 0 Å². The Morgan fingerprint density at radius 3 is 2.26 bits per heavy atom. The van der Waals surface area contributed by atoms with Crippen LogP contribution in [0.3, 0.4) is 0 Å². The average Bonchev–Trinajstić information content (AvgIpc) is 3.32. The van der Waals surface area contributed by atoms with E-state index in [9.17, 15) is 18.3 Å². The molecule has 1 aromatic rings. The third-order valence-electron chi connectivity index (χ3n) is 4.81. The van der Waals surface area contributed by atoms with Crippen LogP contribution in [-0.2, 0) is 11.8 Å². The molecule has 0 aromatic heterocycles. The molecule has 1 saturated heterocycles. The molecule has 1 aliphatic heterocycles. The second-order valence-corrected chi connectivity index (χ2v) is 6.90. The molecule has 0 bridgehead atoms. The van der Waals surface area contributed by atoms with Crippen LogP contribution in [-0.4, -0.2) is 53.7 Å². The maximum absolute atomic E-state index is 12.8. The summed E-state index contributed by atoms with van der Waals surface area (Å²) in [6.45, 7) is 5.60. The predicted molar refractivity (Wildman–Crippen MR) is 82.0 cm³/mol. The van der Waals surface area contributed by atoms with Gasteiger partial charge in [-0.2, -0.15) is 13.2 Å². The molecular weight excluding hydrogens is 305 g/mol. The largest absolute Gasteiger partial charge is 0.416 e. The summed E-state index contributed by atoms with van der Waals surface area (Å²) in [5.41, 5.74) is -1.69. The van der Waals surface area contributed by atoms with Gasteiger partial charge in [-0.3, -0.25) is 9.80 Å². The highest BCUT2D eigenvalue weighted by Gasteiger charge is 2.35. The fourth-order valence-electron chi connectivity index (χ4n) is 3.28. The molecule has 1 aliphatic carbocycles. The quantitative estimate of drug-likeness (QED) is 0.921. The number of hydrogen-bond donors (Lipinski definition) is 1. The lowest BCUT2D eigenvalue weighted by molar-refractivity contribution is -0.137. The minimum Gasteiger partial charge on any atom is -0.384 e. The summed E-state index contributed by atoms with van der Waals surface area (Å²) >= 11 is 0. The molecule has 2 aliphatic rings. The topological polar surface area (TPSA) is 26.7 Å². The van der Waals surface area contributed by atoms with Crippen molar-refractivity contribution in [2.75, 3.05) is 32.7 Å². The summed E-state index contributed by atoms with van der Waals surface area (Å²) < 4.78 is 38.5. The first-order valence-corrected chi connectivity index (χ1v) is 8.12. The second kappa shape index (κ2) is 6.07. The molecule has 1 aromatic carbocycles. The van der Waals surface area contributed by atoms with E-state index >= 15 is 0 Å². The molecule has 0 radical (unpaired) electrons. The van der Waals surface area contributed by atoms with Crippen molar-refractivity contribution in [2.24, 2.45) is 0 Å². The minimum absolute atomic E-state index is 0.317. The van der Waals surface area contributed by atoms with Crippen molar-refractivity contribution < 1.29 is 18.3 Å². The molecule has 1 heterocycles. The van der Waals surface area contributed by atoms with Gasteiger partial charge in [0.15, 0.2) is 0 Å². The number of aliphatic hydroxyl groups is 1. The molecule has 1 saturated carbocycles. The van der Waals surface area contributed by atoms with Gasteiger partial charge in [0.1, 0.15) is 0 Å². The summed E-state index contributed by atoms with van der Waals surface area (Å²) in [5.74, 6) is 0. The third-order valence-corrected chi connectivity index (χ3v) is 4.81. The van der Waals surface area contributed by atoms with Gasteiger partial charge in [-0.05, 0) is 37.5 Å². The molecule has 1 atom stereocenters. The van der Waals surface area contributed by atoms with E-state index in [1.165, 1.54) is 18.9 Å². The molecule has 3 nitrogen and oxygen atoms in total. The van der Waals surface area contributed by atoms with Crippen molar-refractivity contribution in [2.45, 2.75) is 37.6 Å². The van der Waals surface area contributed by atoms with Gasteiger partial charge < -0.3 is 5.11 Å². The molecule has 1 unspecified atom stereocenters. The molecule has 1 N–H and O–H groups in total. The van der Waals surface area contributed by atoms with Crippen LogP contribution in [0.1, 0.15) is 30.9 Å². The van der Waals surface area contributed by atoms with Gasteiger partial charge in [0, 0.05) is 38.8 Å². The van der Waals surface area contributed by atoms with Gasteiger partial charge in [-0.1, -0.05) is 12.1 Å². The summed E-state index contributed by atoms with van der Waals surface area (Å²) in [4.78, 5) is 4.61. The first-order chi connectivity index (χ1) is 10.8. The number of alkyl halides is 3. The van der Waals surface area contributed by atoms with E-state index in [4.69, 9.17) is 0 Å². The smallest absolute Gasteiger partial charge is 0.384 e. The zero-order valence-electron chi connectivity index (χ0n) is 13.3. The third kappa shape index (κ3) is 4.05. The fourth-order valence-corrected chi connectivity index (χ4v) is 3.28. The van der Waals surface area contributed by atoms with Crippen LogP contribution >= 0.6 is 0 Å². The maximum Gasteiger partial charge on any atom is 0.416 e. The Morgan fingerprint density at radius 1 is 1.09 bits per heavy atom. The highest BCUT2D eigenvalue weighted by atomic mass is 19.4. The SMILES string of the molecule is CC(O)(CN1CCN(C2CC2)CC1)c1cccc(C(F)(F)F)c1. The summed E-state index contributed by atoms with van der Waals surface area (Å²) in [5, 5.41) is 10.7. The number of nitrogens with zero attached hydrogens (tertiary/aromatic N) is 2. The van der Waals surface area contributed by atoms with Gasteiger partial charge in [-0.25, -0.2) is 0 Å². The summed E-state index contributed by atoms with van der Waals surface area (Å²) in [7, 11) is 0. The molecule has 0 spiro atoms. The van der Waals surface area contributed by atoms with Gasteiger partial charge in [0.05, 0.1) is 11.2 Å². The van der Waals surface area contributed by atoms with Crippen LogP contribution in [0.25, 0.3) is 0 Å². The number of β-amino-alcohol motifs (C(OH)–C–C–N with tert-alkyl or cyclic N) is 1. The Balaban J connectivity index is 1.64. The van der Waals surface area contributed by atoms with Gasteiger partial charge in [0.2, 0.25) is 0 Å². The van der Waals surface area contributed by atoms with E-state index in [-0.39, 0.29) is 0 Å². The number of benzene rings is 1. The van der Waals surface area contributed by atoms with E-state index < -0.39 is 17.3 Å². The Hall–Kier alpha value is -1.11. The van der Waals surface area contributed by atoms with Crippen LogP contribution < -0.4 is 0 Å². The number of hydrogen-bond acceptors (Lipinski definition) is 3. The number of halogens is 3. The van der Waals surface area contributed by atoms with Crippen molar-refractivity contribution in [1.29, 1.82) is 0 Å². The van der Waals surface area contributed by atoms with Crippen molar-refractivity contribution in [3.8, 4) is 0 Å². The van der Waals surface area contributed by atoms with Gasteiger partial charge in [0.25, 0.3) is 0 Å². The Kier molecular flexibility index (Phi) is 4.42. The van der Waals surface area contributed by atoms with Crippen molar-refractivity contribution in [3.05, 3.63) is 35.4 Å². The standard InChI is InChI=1S/C17H23F3N2O/c1-16(23,13-3-2-4-14(11-13)17(18,19)20)12-21-7-9-22(10-8-21)15-5-6-15/h2-4,11,15,23H,5-10,12H2,1H3. The highest BCUT2D eigenvalue weighted by Crippen LogP contribution is 2.33. The second-order valence-electron chi connectivity index (χ2n) is 6.90. The lowest BCUT2D eigenvalue weighted by atomic mass is 9.93. The fraction of sp³-hybridized carbons (Fsp3) is 0.647. The van der Waals surface area contributed by atoms with E-state index in [1.54, 1.807) is 13.0 Å². The van der Waals surface area contributed by atoms with Crippen molar-refractivity contribution >= 4 is 0 Å². The molecule has 23 heavy (non-hydrogen) atoms. The van der Waals surface area contributed by atoms with Crippen molar-refractivity contribution in [3.63, 3.8) is 0 Å². The maximum atomic E-state index is 12.8. The lowest BCUT2D eigenvalue weighted by Gasteiger charge is -2.38. The highest BCUT2D eigenvalue weighted by molar-refractivity contribution is 5.29. The summed E-state index contributed by atoms with van der Waals surface area (Å²) in [6, 6.07) is 5.75. The van der Waals surface area contributed by atoms with Crippen molar-refractivity contribution in [1.82, 2.24) is 9.80 Å². The first kappa shape index (κ1) is 16.7. The average molecular weight is 328 g/mol. The number of piperazine rings is 1. The van der Waals surface area contributed by atoms with E-state index in [0.717, 1.165) is 44.4 Å². The van der Waals surface area contributed by atoms with Crippen LogP contribution in [0.4, 0.5) is 13.2 Å². The van der Waals surface area contributed by atoms with Crippen LogP contribution in [0.15, 0.2) is 24.3 Å². The monoisotopic (exact) mass is 328 g/mol. The first-order valence-electron chi connectivity index (χ1n) is 8.12. The lowest BCUT2D eigenvalue weighted by Crippen LogP contribution is -2.50. The normalized spacial score (nSPS) is 23.7. The van der Waals surface area contributed by atoms with Gasteiger partial charge >= 0.3 is 6.18 Å². The zero-order valence-corrected chi connectivity index (χ0v) is 13.3. The number of rotatable bonds is 4. The van der Waals surface area contributed by atoms with Crippen LogP contribution in [0.2, 0.25) is 0 Å². The molecular formula is C17H23F3N2O. The van der Waals surface area contributed by atoms with Crippen LogP contribution in [0.5, 0.6) is 0 Å². The zero-order chi connectivity index (χ0) is 16.7.